The van der Waals surface area contributed by atoms with E-state index in [1.165, 1.54) is 27.9 Å². The Kier molecular flexibility index (Phi) is 3.73. The Hall–Kier alpha value is -1.80. The lowest BCUT2D eigenvalue weighted by atomic mass is 10.0. The molecule has 2 aromatic rings. The third kappa shape index (κ3) is 2.81. The molecule has 0 saturated carbocycles. The Balaban J connectivity index is 1.83. The average Bonchev–Trinajstić information content (AvgIpc) is 2.74. The summed E-state index contributed by atoms with van der Waals surface area (Å²) < 4.78 is 0. The smallest absolute Gasteiger partial charge is 0.0473 e. The van der Waals surface area contributed by atoms with Crippen molar-refractivity contribution in [2.45, 2.75) is 39.3 Å². The second kappa shape index (κ2) is 5.53. The van der Waals surface area contributed by atoms with Crippen molar-refractivity contribution in [1.82, 2.24) is 0 Å². The van der Waals surface area contributed by atoms with Crippen LogP contribution in [0.5, 0.6) is 0 Å². The predicted molar refractivity (Wildman–Crippen MR) is 89.8 cm³/mol. The molecule has 0 aliphatic carbocycles. The van der Waals surface area contributed by atoms with Crippen LogP contribution in [-0.4, -0.2) is 12.6 Å². The maximum atomic E-state index is 6.49. The van der Waals surface area contributed by atoms with E-state index in [0.717, 1.165) is 13.0 Å². The molecule has 1 aliphatic rings. The molecule has 0 amide bonds. The number of hydrogen-bond donors (Lipinski definition) is 1. The van der Waals surface area contributed by atoms with Gasteiger partial charge in [-0.25, -0.2) is 0 Å². The van der Waals surface area contributed by atoms with Crippen LogP contribution in [-0.2, 0) is 6.42 Å². The first kappa shape index (κ1) is 14.2. The van der Waals surface area contributed by atoms with Crippen LogP contribution < -0.4 is 10.6 Å². The Morgan fingerprint density at radius 2 is 1.81 bits per heavy atom. The predicted octanol–water partition coefficient (Wildman–Crippen LogP) is 3.75. The zero-order valence-electron chi connectivity index (χ0n) is 13.1. The second-order valence-electron chi connectivity index (χ2n) is 6.36. The van der Waals surface area contributed by atoms with Gasteiger partial charge in [-0.1, -0.05) is 47.5 Å². The molecule has 1 aliphatic heterocycles. The minimum absolute atomic E-state index is 0.0530. The maximum Gasteiger partial charge on any atom is 0.0473 e. The van der Waals surface area contributed by atoms with Crippen molar-refractivity contribution < 1.29 is 0 Å². The third-order valence-electron chi connectivity index (χ3n) is 4.41. The molecule has 3 rings (SSSR count). The Bertz CT molecular complexity index is 628. The number of anilines is 1. The summed E-state index contributed by atoms with van der Waals surface area (Å²) in [6.07, 6.45) is 1.12. The first-order valence-electron chi connectivity index (χ1n) is 7.73. The molecule has 2 nitrogen and oxygen atoms in total. The van der Waals surface area contributed by atoms with Gasteiger partial charge >= 0.3 is 0 Å². The molecular formula is C19H24N2. The molecule has 2 aromatic carbocycles. The number of fused-ring (bicyclic) bond motifs is 1. The van der Waals surface area contributed by atoms with Crippen LogP contribution in [0.2, 0.25) is 0 Å². The molecule has 0 aromatic heterocycles. The number of aryl methyl sites for hydroxylation is 2. The third-order valence-corrected chi connectivity index (χ3v) is 4.41. The van der Waals surface area contributed by atoms with Crippen LogP contribution >= 0.6 is 0 Å². The van der Waals surface area contributed by atoms with Crippen LogP contribution in [0, 0.1) is 13.8 Å². The van der Waals surface area contributed by atoms with Crippen molar-refractivity contribution in [3.05, 3.63) is 64.7 Å². The number of hydrogen-bond acceptors (Lipinski definition) is 2. The van der Waals surface area contributed by atoms with Crippen LogP contribution in [0.25, 0.3) is 0 Å². The van der Waals surface area contributed by atoms with Gasteiger partial charge in [-0.15, -0.1) is 0 Å². The molecule has 2 unspecified atom stereocenters. The molecule has 21 heavy (non-hydrogen) atoms. The van der Waals surface area contributed by atoms with Gasteiger partial charge in [0, 0.05) is 24.3 Å². The van der Waals surface area contributed by atoms with Crippen LogP contribution in [0.15, 0.2) is 42.5 Å². The second-order valence-corrected chi connectivity index (χ2v) is 6.36. The van der Waals surface area contributed by atoms with E-state index in [1.54, 1.807) is 0 Å². The maximum absolute atomic E-state index is 6.49. The number of benzene rings is 2. The van der Waals surface area contributed by atoms with Gasteiger partial charge in [0.25, 0.3) is 0 Å². The monoisotopic (exact) mass is 280 g/mol. The standard InChI is InChI=1S/C19H24N2/c1-13-8-14(2)10-17(9-13)18(20)12-21-15(3)11-16-6-4-5-7-19(16)21/h4-10,15,18H,11-12,20H2,1-3H3. The van der Waals surface area contributed by atoms with E-state index in [4.69, 9.17) is 5.73 Å². The van der Waals surface area contributed by atoms with E-state index >= 15 is 0 Å². The van der Waals surface area contributed by atoms with Gasteiger partial charge in [-0.2, -0.15) is 0 Å². The molecule has 2 N–H and O–H groups in total. The highest BCUT2D eigenvalue weighted by Crippen LogP contribution is 2.33. The summed E-state index contributed by atoms with van der Waals surface area (Å²) in [5.74, 6) is 0. The van der Waals surface area contributed by atoms with Gasteiger partial charge < -0.3 is 10.6 Å². The normalized spacial score (nSPS) is 18.7. The summed E-state index contributed by atoms with van der Waals surface area (Å²) in [6.45, 7) is 7.43. The zero-order valence-corrected chi connectivity index (χ0v) is 13.1. The summed E-state index contributed by atoms with van der Waals surface area (Å²) >= 11 is 0. The van der Waals surface area contributed by atoms with E-state index in [0.29, 0.717) is 6.04 Å². The van der Waals surface area contributed by atoms with Crippen LogP contribution in [0.4, 0.5) is 5.69 Å². The van der Waals surface area contributed by atoms with E-state index < -0.39 is 0 Å². The molecule has 0 radical (unpaired) electrons. The lowest BCUT2D eigenvalue weighted by Gasteiger charge is -2.28. The molecule has 2 heteroatoms. The van der Waals surface area contributed by atoms with Crippen molar-refractivity contribution in [1.29, 1.82) is 0 Å². The first-order valence-corrected chi connectivity index (χ1v) is 7.73. The van der Waals surface area contributed by atoms with Gasteiger partial charge in [0.05, 0.1) is 0 Å². The van der Waals surface area contributed by atoms with Crippen molar-refractivity contribution in [2.24, 2.45) is 5.73 Å². The number of rotatable bonds is 3. The SMILES string of the molecule is Cc1cc(C)cc(C(N)CN2c3ccccc3CC2C)c1. The fraction of sp³-hybridized carbons (Fsp3) is 0.368. The number of nitrogens with two attached hydrogens (primary N) is 1. The van der Waals surface area contributed by atoms with Crippen molar-refractivity contribution >= 4 is 5.69 Å². The highest BCUT2D eigenvalue weighted by Gasteiger charge is 2.27. The highest BCUT2D eigenvalue weighted by molar-refractivity contribution is 5.59. The topological polar surface area (TPSA) is 29.3 Å². The van der Waals surface area contributed by atoms with Crippen molar-refractivity contribution in [3.63, 3.8) is 0 Å². The summed E-state index contributed by atoms with van der Waals surface area (Å²) in [7, 11) is 0. The number of nitrogens with zero attached hydrogens (tertiary/aromatic N) is 1. The largest absolute Gasteiger partial charge is 0.366 e. The first-order chi connectivity index (χ1) is 10.0. The molecule has 0 fully saturated rings. The van der Waals surface area contributed by atoms with Crippen molar-refractivity contribution in [3.8, 4) is 0 Å². The number of para-hydroxylation sites is 1. The van der Waals surface area contributed by atoms with Gasteiger partial charge in [0.15, 0.2) is 0 Å². The van der Waals surface area contributed by atoms with Gasteiger partial charge in [-0.05, 0) is 44.4 Å². The lowest BCUT2D eigenvalue weighted by molar-refractivity contribution is 0.609. The van der Waals surface area contributed by atoms with E-state index in [-0.39, 0.29) is 6.04 Å². The Labute approximate surface area is 127 Å². The van der Waals surface area contributed by atoms with Crippen LogP contribution in [0.3, 0.4) is 0 Å². The Morgan fingerprint density at radius 1 is 1.14 bits per heavy atom. The van der Waals surface area contributed by atoms with E-state index in [2.05, 4.69) is 68.1 Å². The Morgan fingerprint density at radius 3 is 2.52 bits per heavy atom. The van der Waals surface area contributed by atoms with Gasteiger partial charge in [-0.3, -0.25) is 0 Å². The van der Waals surface area contributed by atoms with Crippen LogP contribution in [0.1, 0.15) is 35.2 Å². The molecule has 1 heterocycles. The molecule has 0 saturated heterocycles. The highest BCUT2D eigenvalue weighted by atomic mass is 15.2. The quantitative estimate of drug-likeness (QED) is 0.927. The zero-order chi connectivity index (χ0) is 15.0. The minimum Gasteiger partial charge on any atom is -0.366 e. The van der Waals surface area contributed by atoms with E-state index in [9.17, 15) is 0 Å². The summed E-state index contributed by atoms with van der Waals surface area (Å²) in [5, 5.41) is 0. The summed E-state index contributed by atoms with van der Waals surface area (Å²) in [5.41, 5.74) is 13.1. The summed E-state index contributed by atoms with van der Waals surface area (Å²) in [6, 6.07) is 15.9. The molecule has 0 spiro atoms. The van der Waals surface area contributed by atoms with Gasteiger partial charge in [0.1, 0.15) is 0 Å². The molecule has 2 atom stereocenters. The van der Waals surface area contributed by atoms with Gasteiger partial charge in [0.2, 0.25) is 0 Å². The average molecular weight is 280 g/mol. The van der Waals surface area contributed by atoms with Crippen molar-refractivity contribution in [2.75, 3.05) is 11.4 Å². The minimum atomic E-state index is 0.0530. The molecule has 0 bridgehead atoms. The molecular weight excluding hydrogens is 256 g/mol. The van der Waals surface area contributed by atoms with E-state index in [1.807, 2.05) is 0 Å². The summed E-state index contributed by atoms with van der Waals surface area (Å²) in [4.78, 5) is 2.46. The lowest BCUT2D eigenvalue weighted by Crippen LogP contribution is -2.36. The fourth-order valence-electron chi connectivity index (χ4n) is 3.45. The molecule has 110 valence electrons. The fourth-order valence-corrected chi connectivity index (χ4v) is 3.45.